The number of hydrogen-bond acceptors (Lipinski definition) is 4. The molecule has 5 nitrogen and oxygen atoms in total. The Bertz CT molecular complexity index is 550. The summed E-state index contributed by atoms with van der Waals surface area (Å²) in [5.74, 6) is 2.05. The number of fused-ring (bicyclic) bond motifs is 1. The number of aromatic nitrogens is 2. The Morgan fingerprint density at radius 2 is 2.05 bits per heavy atom. The van der Waals surface area contributed by atoms with Gasteiger partial charge in [-0.1, -0.05) is 0 Å². The van der Waals surface area contributed by atoms with Crippen molar-refractivity contribution in [1.82, 2.24) is 9.55 Å². The molecule has 3 heterocycles. The van der Waals surface area contributed by atoms with E-state index in [1.807, 2.05) is 6.20 Å². The Kier molecular flexibility index (Phi) is 3.39. The van der Waals surface area contributed by atoms with Crippen molar-refractivity contribution in [2.75, 3.05) is 11.5 Å². The number of aryl methyl sites for hydroxylation is 1. The summed E-state index contributed by atoms with van der Waals surface area (Å²) >= 11 is 0. The Hall–Kier alpha value is -0.880. The molecule has 3 rings (SSSR count). The summed E-state index contributed by atoms with van der Waals surface area (Å²) in [4.78, 5) is 4.47. The van der Waals surface area contributed by atoms with E-state index in [1.165, 1.54) is 5.69 Å². The first kappa shape index (κ1) is 13.1. The fourth-order valence-electron chi connectivity index (χ4n) is 3.06. The highest BCUT2D eigenvalue weighted by molar-refractivity contribution is 7.91. The zero-order chi connectivity index (χ0) is 13.5. The van der Waals surface area contributed by atoms with Crippen molar-refractivity contribution in [3.05, 3.63) is 17.7 Å². The summed E-state index contributed by atoms with van der Waals surface area (Å²) in [7, 11) is -2.79. The van der Waals surface area contributed by atoms with Crippen molar-refractivity contribution in [1.29, 1.82) is 0 Å². The topological polar surface area (TPSA) is 72.2 Å². The molecule has 0 spiro atoms. The molecule has 2 aliphatic heterocycles. The smallest absolute Gasteiger partial charge is 0.150 e. The number of sulfone groups is 1. The maximum atomic E-state index is 11.4. The molecule has 106 valence electrons. The van der Waals surface area contributed by atoms with Crippen LogP contribution in [-0.2, 0) is 29.2 Å². The number of imidazole rings is 1. The lowest BCUT2D eigenvalue weighted by Gasteiger charge is -2.25. The lowest BCUT2D eigenvalue weighted by molar-refractivity contribution is 0.129. The highest BCUT2D eigenvalue weighted by Gasteiger charge is 2.26. The number of nitrogens with zero attached hydrogens (tertiary/aromatic N) is 2. The Labute approximate surface area is 113 Å². The van der Waals surface area contributed by atoms with E-state index in [0.717, 1.165) is 37.9 Å². The monoisotopic (exact) mass is 284 g/mol. The van der Waals surface area contributed by atoms with Crippen molar-refractivity contribution >= 4 is 9.84 Å². The van der Waals surface area contributed by atoms with Crippen LogP contribution in [0.15, 0.2) is 6.20 Å². The third kappa shape index (κ3) is 2.84. The Morgan fingerprint density at radius 3 is 2.79 bits per heavy atom. The van der Waals surface area contributed by atoms with Crippen LogP contribution >= 0.6 is 0 Å². The predicted molar refractivity (Wildman–Crippen MR) is 71.6 cm³/mol. The molecule has 1 fully saturated rings. The molecule has 1 aromatic heterocycles. The molecule has 1 N–H and O–H groups in total. The average molecular weight is 284 g/mol. The second-order valence-electron chi connectivity index (χ2n) is 5.77. The second-order valence-corrected chi connectivity index (χ2v) is 8.07. The van der Waals surface area contributed by atoms with Gasteiger partial charge in [0.2, 0.25) is 0 Å². The Balaban J connectivity index is 1.69. The molecule has 1 atom stereocenters. The van der Waals surface area contributed by atoms with Crippen LogP contribution in [0.5, 0.6) is 0 Å². The van der Waals surface area contributed by atoms with Crippen LogP contribution in [-0.4, -0.2) is 40.7 Å². The minimum absolute atomic E-state index is 0.271. The molecule has 1 saturated heterocycles. The fraction of sp³-hybridized carbons (Fsp3) is 0.769. The third-order valence-electron chi connectivity index (χ3n) is 4.29. The number of aliphatic hydroxyl groups is 1. The summed E-state index contributed by atoms with van der Waals surface area (Å²) in [6.07, 6.45) is 5.65. The molecule has 19 heavy (non-hydrogen) atoms. The van der Waals surface area contributed by atoms with E-state index in [9.17, 15) is 13.5 Å². The van der Waals surface area contributed by atoms with Gasteiger partial charge in [-0.25, -0.2) is 13.4 Å². The molecule has 1 unspecified atom stereocenters. The first-order valence-electron chi connectivity index (χ1n) is 6.95. The molecule has 0 bridgehead atoms. The van der Waals surface area contributed by atoms with Crippen LogP contribution < -0.4 is 0 Å². The van der Waals surface area contributed by atoms with Crippen LogP contribution in [0, 0.1) is 5.92 Å². The summed E-state index contributed by atoms with van der Waals surface area (Å²) in [6.45, 7) is 0.635. The van der Waals surface area contributed by atoms with Crippen molar-refractivity contribution in [3.8, 4) is 0 Å². The highest BCUT2D eigenvalue weighted by Crippen LogP contribution is 2.25. The largest absolute Gasteiger partial charge is 0.391 e. The van der Waals surface area contributed by atoms with Gasteiger partial charge in [-0.3, -0.25) is 0 Å². The summed E-state index contributed by atoms with van der Waals surface area (Å²) < 4.78 is 25.0. The van der Waals surface area contributed by atoms with E-state index in [2.05, 4.69) is 9.55 Å². The lowest BCUT2D eigenvalue weighted by atomic mass is 9.98. The van der Waals surface area contributed by atoms with E-state index in [4.69, 9.17) is 0 Å². The molecule has 0 saturated carbocycles. The van der Waals surface area contributed by atoms with Crippen molar-refractivity contribution in [2.45, 2.75) is 44.8 Å². The van der Waals surface area contributed by atoms with Gasteiger partial charge in [0.25, 0.3) is 0 Å². The molecule has 0 aromatic carbocycles. The minimum atomic E-state index is -2.79. The van der Waals surface area contributed by atoms with Gasteiger partial charge in [-0.05, 0) is 31.6 Å². The SMILES string of the molecule is O=S1(=O)CCC(Cc2ncc3n2CC(O)CC3)CC1. The zero-order valence-electron chi connectivity index (χ0n) is 11.0. The van der Waals surface area contributed by atoms with Crippen LogP contribution in [0.4, 0.5) is 0 Å². The molecule has 0 radical (unpaired) electrons. The van der Waals surface area contributed by atoms with Gasteiger partial charge in [0.05, 0.1) is 24.2 Å². The maximum absolute atomic E-state index is 11.4. The summed E-state index contributed by atoms with van der Waals surface area (Å²) in [5, 5.41) is 9.75. The van der Waals surface area contributed by atoms with Crippen LogP contribution in [0.3, 0.4) is 0 Å². The second kappa shape index (κ2) is 4.90. The van der Waals surface area contributed by atoms with Crippen LogP contribution in [0.1, 0.15) is 30.8 Å². The molecular formula is C13H20N2O3S. The molecular weight excluding hydrogens is 264 g/mol. The summed E-state index contributed by atoms with van der Waals surface area (Å²) in [6, 6.07) is 0. The van der Waals surface area contributed by atoms with E-state index in [-0.39, 0.29) is 6.10 Å². The van der Waals surface area contributed by atoms with Gasteiger partial charge in [-0.15, -0.1) is 0 Å². The van der Waals surface area contributed by atoms with Gasteiger partial charge >= 0.3 is 0 Å². The lowest BCUT2D eigenvalue weighted by Crippen LogP contribution is -2.28. The highest BCUT2D eigenvalue weighted by atomic mass is 32.2. The number of hydrogen-bond donors (Lipinski definition) is 1. The standard InChI is InChI=1S/C13H20N2O3S/c16-12-2-1-11-8-14-13(15(11)9-12)7-10-3-5-19(17,18)6-4-10/h8,10,12,16H,1-7,9H2. The molecule has 0 aliphatic carbocycles. The van der Waals surface area contributed by atoms with Gasteiger partial charge < -0.3 is 9.67 Å². The molecule has 0 amide bonds. The van der Waals surface area contributed by atoms with E-state index < -0.39 is 9.84 Å². The van der Waals surface area contributed by atoms with Crippen molar-refractivity contribution in [3.63, 3.8) is 0 Å². The predicted octanol–water partition coefficient (Wildman–Crippen LogP) is 0.557. The number of rotatable bonds is 2. The fourth-order valence-corrected chi connectivity index (χ4v) is 4.65. The first-order valence-corrected chi connectivity index (χ1v) is 8.77. The maximum Gasteiger partial charge on any atom is 0.150 e. The minimum Gasteiger partial charge on any atom is -0.391 e. The van der Waals surface area contributed by atoms with Gasteiger partial charge in [-0.2, -0.15) is 0 Å². The van der Waals surface area contributed by atoms with Crippen molar-refractivity contribution in [2.24, 2.45) is 5.92 Å². The normalized spacial score (nSPS) is 27.1. The number of aliphatic hydroxyl groups excluding tert-OH is 1. The van der Waals surface area contributed by atoms with Gasteiger partial charge in [0, 0.05) is 18.3 Å². The van der Waals surface area contributed by atoms with Crippen molar-refractivity contribution < 1.29 is 13.5 Å². The quantitative estimate of drug-likeness (QED) is 0.861. The van der Waals surface area contributed by atoms with E-state index in [0.29, 0.717) is 24.0 Å². The molecule has 1 aromatic rings. The summed E-state index contributed by atoms with van der Waals surface area (Å²) in [5.41, 5.74) is 1.20. The zero-order valence-corrected chi connectivity index (χ0v) is 11.8. The van der Waals surface area contributed by atoms with Crippen LogP contribution in [0.25, 0.3) is 0 Å². The van der Waals surface area contributed by atoms with E-state index in [1.54, 1.807) is 0 Å². The molecule has 6 heteroatoms. The average Bonchev–Trinajstić information content (AvgIpc) is 2.75. The Morgan fingerprint density at radius 1 is 1.32 bits per heavy atom. The third-order valence-corrected chi connectivity index (χ3v) is 6.01. The van der Waals surface area contributed by atoms with Crippen LogP contribution in [0.2, 0.25) is 0 Å². The van der Waals surface area contributed by atoms with E-state index >= 15 is 0 Å². The first-order chi connectivity index (χ1) is 9.03. The van der Waals surface area contributed by atoms with Gasteiger partial charge in [0.15, 0.2) is 0 Å². The molecule has 2 aliphatic rings. The van der Waals surface area contributed by atoms with Gasteiger partial charge in [0.1, 0.15) is 15.7 Å².